The van der Waals surface area contributed by atoms with Crippen molar-refractivity contribution >= 4 is 5.82 Å². The third kappa shape index (κ3) is 1.30. The predicted molar refractivity (Wildman–Crippen MR) is 57.4 cm³/mol. The van der Waals surface area contributed by atoms with E-state index in [1.165, 1.54) is 0 Å². The van der Waals surface area contributed by atoms with Gasteiger partial charge in [-0.05, 0) is 11.8 Å². The fraction of sp³-hybridized carbons (Fsp3) is 0.500. The van der Waals surface area contributed by atoms with Gasteiger partial charge in [-0.3, -0.25) is 5.10 Å². The van der Waals surface area contributed by atoms with Gasteiger partial charge < -0.3 is 10.3 Å². The smallest absolute Gasteiger partial charge is 0.263 e. The van der Waals surface area contributed by atoms with Gasteiger partial charge in [0.15, 0.2) is 5.82 Å². The third-order valence-electron chi connectivity index (χ3n) is 3.17. The highest BCUT2D eigenvalue weighted by molar-refractivity contribution is 5.65. The first-order valence-corrected chi connectivity index (χ1v) is 5.21. The molecule has 2 aromatic rings. The van der Waals surface area contributed by atoms with Crippen LogP contribution >= 0.6 is 0 Å². The molecule has 2 heterocycles. The first-order valence-electron chi connectivity index (χ1n) is 5.21. The van der Waals surface area contributed by atoms with Gasteiger partial charge >= 0.3 is 0 Å². The molecule has 2 aromatic heterocycles. The summed E-state index contributed by atoms with van der Waals surface area (Å²) in [6.45, 7) is 4.39. The zero-order valence-electron chi connectivity index (χ0n) is 9.19. The Bertz CT molecular complexity index is 527. The van der Waals surface area contributed by atoms with E-state index in [1.807, 2.05) is 0 Å². The standard InChI is InChI=1S/C10H13N5O/c1-10(2)3-6(10)8-13-9(16-15-8)5-4-12-14-7(5)11/h4,6H,3H2,1-2H3,(H3,11,12,14). The molecule has 1 aliphatic rings. The van der Waals surface area contributed by atoms with E-state index >= 15 is 0 Å². The first-order chi connectivity index (χ1) is 7.58. The molecule has 1 fully saturated rings. The van der Waals surface area contributed by atoms with Gasteiger partial charge in [0.2, 0.25) is 0 Å². The van der Waals surface area contributed by atoms with E-state index in [1.54, 1.807) is 6.20 Å². The molecule has 6 nitrogen and oxygen atoms in total. The van der Waals surface area contributed by atoms with Crippen molar-refractivity contribution in [3.63, 3.8) is 0 Å². The number of nitrogens with zero attached hydrogens (tertiary/aromatic N) is 3. The Morgan fingerprint density at radius 3 is 2.88 bits per heavy atom. The van der Waals surface area contributed by atoms with Crippen molar-refractivity contribution in [3.05, 3.63) is 12.0 Å². The molecule has 3 rings (SSSR count). The van der Waals surface area contributed by atoms with Crippen molar-refractivity contribution < 1.29 is 4.52 Å². The lowest BCUT2D eigenvalue weighted by Crippen LogP contribution is -1.92. The molecule has 0 bridgehead atoms. The largest absolute Gasteiger partial charge is 0.383 e. The van der Waals surface area contributed by atoms with Crippen molar-refractivity contribution in [1.29, 1.82) is 0 Å². The fourth-order valence-corrected chi connectivity index (χ4v) is 1.86. The van der Waals surface area contributed by atoms with Crippen LogP contribution in [0.2, 0.25) is 0 Å². The maximum absolute atomic E-state index is 5.68. The molecule has 0 spiro atoms. The maximum atomic E-state index is 5.68. The summed E-state index contributed by atoms with van der Waals surface area (Å²) in [6.07, 6.45) is 2.69. The Hall–Kier alpha value is -1.85. The summed E-state index contributed by atoms with van der Waals surface area (Å²) in [7, 11) is 0. The van der Waals surface area contributed by atoms with Crippen LogP contribution in [0.25, 0.3) is 11.5 Å². The van der Waals surface area contributed by atoms with Crippen molar-refractivity contribution in [3.8, 4) is 11.5 Å². The van der Waals surface area contributed by atoms with Crippen LogP contribution in [-0.4, -0.2) is 20.3 Å². The highest BCUT2D eigenvalue weighted by Crippen LogP contribution is 2.57. The predicted octanol–water partition coefficient (Wildman–Crippen LogP) is 1.56. The van der Waals surface area contributed by atoms with Crippen LogP contribution in [0.5, 0.6) is 0 Å². The van der Waals surface area contributed by atoms with Crippen LogP contribution in [0.4, 0.5) is 5.82 Å². The van der Waals surface area contributed by atoms with E-state index in [0.717, 1.165) is 12.2 Å². The van der Waals surface area contributed by atoms with Gasteiger partial charge in [-0.15, -0.1) is 0 Å². The summed E-state index contributed by atoms with van der Waals surface area (Å²) in [5.41, 5.74) is 6.64. The van der Waals surface area contributed by atoms with Gasteiger partial charge in [0.25, 0.3) is 5.89 Å². The minimum Gasteiger partial charge on any atom is -0.383 e. The highest BCUT2D eigenvalue weighted by atomic mass is 16.5. The topological polar surface area (TPSA) is 93.6 Å². The molecule has 16 heavy (non-hydrogen) atoms. The van der Waals surface area contributed by atoms with Gasteiger partial charge in [-0.25, -0.2) is 0 Å². The molecule has 1 atom stereocenters. The number of aromatic amines is 1. The van der Waals surface area contributed by atoms with E-state index in [0.29, 0.717) is 28.6 Å². The number of hydrogen-bond donors (Lipinski definition) is 2. The summed E-state index contributed by atoms with van der Waals surface area (Å²) in [6, 6.07) is 0. The van der Waals surface area contributed by atoms with Crippen LogP contribution in [0, 0.1) is 5.41 Å². The molecule has 3 N–H and O–H groups in total. The van der Waals surface area contributed by atoms with E-state index in [2.05, 4.69) is 34.2 Å². The summed E-state index contributed by atoms with van der Waals surface area (Å²) in [4.78, 5) is 4.35. The molecule has 84 valence electrons. The lowest BCUT2D eigenvalue weighted by molar-refractivity contribution is 0.419. The average Bonchev–Trinajstić information content (AvgIpc) is 2.67. The molecule has 0 aromatic carbocycles. The van der Waals surface area contributed by atoms with Crippen LogP contribution in [0.15, 0.2) is 10.7 Å². The molecule has 1 saturated carbocycles. The molecular weight excluding hydrogens is 206 g/mol. The fourth-order valence-electron chi connectivity index (χ4n) is 1.86. The number of hydrogen-bond acceptors (Lipinski definition) is 5. The molecule has 6 heteroatoms. The first kappa shape index (κ1) is 9.38. The van der Waals surface area contributed by atoms with E-state index in [-0.39, 0.29) is 0 Å². The Morgan fingerprint density at radius 2 is 2.31 bits per heavy atom. The normalized spacial score (nSPS) is 22.2. The SMILES string of the molecule is CC1(C)CC1c1noc(-c2cn[nH]c2N)n1. The van der Waals surface area contributed by atoms with E-state index < -0.39 is 0 Å². The van der Waals surface area contributed by atoms with Crippen LogP contribution in [0.1, 0.15) is 32.0 Å². The highest BCUT2D eigenvalue weighted by Gasteiger charge is 2.49. The van der Waals surface area contributed by atoms with Gasteiger partial charge in [0.1, 0.15) is 11.4 Å². The van der Waals surface area contributed by atoms with Crippen LogP contribution < -0.4 is 5.73 Å². The Kier molecular flexibility index (Phi) is 1.66. The lowest BCUT2D eigenvalue weighted by atomic mass is 10.1. The van der Waals surface area contributed by atoms with Crippen LogP contribution in [-0.2, 0) is 0 Å². The molecule has 1 aliphatic carbocycles. The molecule has 0 radical (unpaired) electrons. The zero-order valence-corrected chi connectivity index (χ0v) is 9.19. The number of anilines is 1. The van der Waals surface area contributed by atoms with Gasteiger partial charge in [-0.1, -0.05) is 19.0 Å². The second-order valence-electron chi connectivity index (χ2n) is 4.90. The molecular formula is C10H13N5O. The monoisotopic (exact) mass is 219 g/mol. The Morgan fingerprint density at radius 1 is 1.56 bits per heavy atom. The second-order valence-corrected chi connectivity index (χ2v) is 4.90. The molecule has 1 unspecified atom stereocenters. The van der Waals surface area contributed by atoms with Crippen molar-refractivity contribution in [2.45, 2.75) is 26.2 Å². The second kappa shape index (κ2) is 2.84. The zero-order chi connectivity index (χ0) is 11.3. The van der Waals surface area contributed by atoms with Gasteiger partial charge in [-0.2, -0.15) is 10.1 Å². The van der Waals surface area contributed by atoms with Gasteiger partial charge in [0, 0.05) is 5.92 Å². The van der Waals surface area contributed by atoms with Crippen molar-refractivity contribution in [2.75, 3.05) is 5.73 Å². The quantitative estimate of drug-likeness (QED) is 0.799. The number of nitrogens with two attached hydrogens (primary N) is 1. The number of nitrogens with one attached hydrogen (secondary N) is 1. The lowest BCUT2D eigenvalue weighted by Gasteiger charge is -1.95. The molecule has 0 amide bonds. The average molecular weight is 219 g/mol. The number of nitrogen functional groups attached to an aromatic ring is 1. The Balaban J connectivity index is 1.92. The third-order valence-corrected chi connectivity index (χ3v) is 3.17. The summed E-state index contributed by atoms with van der Waals surface area (Å²) < 4.78 is 5.18. The van der Waals surface area contributed by atoms with E-state index in [4.69, 9.17) is 10.3 Å². The van der Waals surface area contributed by atoms with Gasteiger partial charge in [0.05, 0.1) is 6.20 Å². The summed E-state index contributed by atoms with van der Waals surface area (Å²) >= 11 is 0. The maximum Gasteiger partial charge on any atom is 0.263 e. The van der Waals surface area contributed by atoms with Crippen molar-refractivity contribution in [1.82, 2.24) is 20.3 Å². The number of rotatable bonds is 2. The molecule has 0 aliphatic heterocycles. The molecule has 0 saturated heterocycles. The minimum absolute atomic E-state index is 0.295. The van der Waals surface area contributed by atoms with Crippen LogP contribution in [0.3, 0.4) is 0 Å². The van der Waals surface area contributed by atoms with E-state index in [9.17, 15) is 0 Å². The minimum atomic E-state index is 0.295. The Labute approximate surface area is 92.2 Å². The summed E-state index contributed by atoms with van der Waals surface area (Å²) in [5.74, 6) is 2.05. The summed E-state index contributed by atoms with van der Waals surface area (Å²) in [5, 5.41) is 10.4. The van der Waals surface area contributed by atoms with Crippen molar-refractivity contribution in [2.24, 2.45) is 5.41 Å². The number of aromatic nitrogens is 4. The number of H-pyrrole nitrogens is 1.